The van der Waals surface area contributed by atoms with E-state index in [2.05, 4.69) is 26.8 Å². The minimum atomic E-state index is -1.45. The van der Waals surface area contributed by atoms with Crippen LogP contribution in [0.2, 0.25) is 0 Å². The average molecular weight is 488 g/mol. The number of hydrogen-bond acceptors (Lipinski definition) is 9. The van der Waals surface area contributed by atoms with Gasteiger partial charge in [0.15, 0.2) is 11.5 Å². The number of β-lactam (4-membered cyclic amide) rings is 1. The van der Waals surface area contributed by atoms with Crippen LogP contribution in [-0.2, 0) is 20.9 Å². The van der Waals surface area contributed by atoms with E-state index in [1.807, 2.05) is 0 Å². The second kappa shape index (κ2) is 9.36. The van der Waals surface area contributed by atoms with Gasteiger partial charge in [0.1, 0.15) is 12.4 Å². The number of aliphatic carboxylic acids is 1. The van der Waals surface area contributed by atoms with Gasteiger partial charge in [-0.15, -0.1) is 11.5 Å². The van der Waals surface area contributed by atoms with Gasteiger partial charge in [-0.05, 0) is 33.8 Å². The highest BCUT2D eigenvalue weighted by atomic mass is 32.2. The zero-order chi connectivity index (χ0) is 23.6. The number of aromatic nitrogens is 4. The van der Waals surface area contributed by atoms with E-state index in [0.29, 0.717) is 16.5 Å². The van der Waals surface area contributed by atoms with E-state index < -0.39 is 39.8 Å². The molecular formula is C20H19N6O5S2+. The minimum absolute atomic E-state index is 0.00713. The van der Waals surface area contributed by atoms with Crippen LogP contribution in [0.15, 0.2) is 47.3 Å². The molecule has 4 rings (SSSR count). The molecule has 1 aromatic carbocycles. The predicted octanol–water partition coefficient (Wildman–Crippen LogP) is -0.0273. The highest BCUT2D eigenvalue weighted by Gasteiger charge is 2.69. The summed E-state index contributed by atoms with van der Waals surface area (Å²) in [6.07, 6.45) is 5.37. The number of hydrogen-bond donors (Lipinski definition) is 3. The Balaban J connectivity index is 1.56. The van der Waals surface area contributed by atoms with E-state index >= 15 is 0 Å². The first-order valence-corrected chi connectivity index (χ1v) is 11.8. The number of rotatable bonds is 8. The van der Waals surface area contributed by atoms with Gasteiger partial charge in [0.25, 0.3) is 5.91 Å². The molecule has 2 amide bonds. The number of quaternary nitrogens is 1. The van der Waals surface area contributed by atoms with Gasteiger partial charge in [-0.2, -0.15) is 4.48 Å². The molecule has 170 valence electrons. The fourth-order valence-corrected chi connectivity index (χ4v) is 6.36. The molecule has 2 aliphatic heterocycles. The highest BCUT2D eigenvalue weighted by Crippen LogP contribution is 2.47. The number of carbonyl (C=O) groups is 3. The number of carboxylic acid groups (broad SMARTS) is 1. The van der Waals surface area contributed by atoms with Crippen molar-refractivity contribution < 1.29 is 29.1 Å². The molecule has 1 fully saturated rings. The maximum Gasteiger partial charge on any atom is 0.390 e. The number of carboxylic acids is 1. The van der Waals surface area contributed by atoms with Crippen LogP contribution in [-0.4, -0.2) is 75.7 Å². The lowest BCUT2D eigenvalue weighted by Crippen LogP contribution is -2.80. The van der Waals surface area contributed by atoms with Crippen LogP contribution < -0.4 is 5.32 Å². The van der Waals surface area contributed by atoms with Crippen LogP contribution in [0.5, 0.6) is 0 Å². The summed E-state index contributed by atoms with van der Waals surface area (Å²) in [5.74, 6) is 0.367. The summed E-state index contributed by atoms with van der Waals surface area (Å²) >= 11 is 2.46. The Morgan fingerprint density at radius 2 is 2.15 bits per heavy atom. The number of aliphatic hydroxyl groups excluding tert-OH is 1. The first-order chi connectivity index (χ1) is 15.9. The van der Waals surface area contributed by atoms with E-state index in [9.17, 15) is 24.6 Å². The number of carbonyl (C=O) groups excluding carboxylic acids is 2. The van der Waals surface area contributed by atoms with E-state index in [1.165, 1.54) is 22.5 Å². The van der Waals surface area contributed by atoms with Crippen molar-refractivity contribution in [3.05, 3.63) is 47.7 Å². The topological polar surface area (TPSA) is 147 Å². The number of benzene rings is 1. The Morgan fingerprint density at radius 1 is 1.39 bits per heavy atom. The lowest BCUT2D eigenvalue weighted by Gasteiger charge is -2.53. The molecular weight excluding hydrogens is 468 g/mol. The molecule has 3 heterocycles. The molecule has 13 heteroatoms. The molecule has 0 bridgehead atoms. The largest absolute Gasteiger partial charge is 0.474 e. The monoisotopic (exact) mass is 487 g/mol. The van der Waals surface area contributed by atoms with Crippen molar-refractivity contribution >= 4 is 41.3 Å². The quantitative estimate of drug-likeness (QED) is 0.201. The highest BCUT2D eigenvalue weighted by molar-refractivity contribution is 8.00. The molecule has 0 spiro atoms. The number of amides is 2. The van der Waals surface area contributed by atoms with Crippen LogP contribution in [0.3, 0.4) is 0 Å². The summed E-state index contributed by atoms with van der Waals surface area (Å²) in [4.78, 5) is 38.0. The molecule has 0 radical (unpaired) electrons. The molecule has 2 aromatic rings. The molecule has 4 atom stereocenters. The van der Waals surface area contributed by atoms with E-state index in [-0.39, 0.29) is 18.1 Å². The summed E-state index contributed by atoms with van der Waals surface area (Å²) in [7, 11) is 0. The van der Waals surface area contributed by atoms with Crippen LogP contribution in [0, 0.1) is 12.3 Å². The molecule has 1 saturated heterocycles. The lowest BCUT2D eigenvalue weighted by atomic mass is 9.99. The van der Waals surface area contributed by atoms with Crippen LogP contribution in [0.4, 0.5) is 0 Å². The maximum absolute atomic E-state index is 13.4. The summed E-state index contributed by atoms with van der Waals surface area (Å²) in [5, 5.41) is 33.8. The molecule has 2 aliphatic rings. The predicted molar refractivity (Wildman–Crippen MR) is 118 cm³/mol. The summed E-state index contributed by atoms with van der Waals surface area (Å²) in [6.45, 7) is 0.124. The van der Waals surface area contributed by atoms with Crippen molar-refractivity contribution in [3.63, 3.8) is 0 Å². The number of tetrazole rings is 1. The Hall–Kier alpha value is -3.18. The molecule has 33 heavy (non-hydrogen) atoms. The third-order valence-corrected chi connectivity index (χ3v) is 7.79. The summed E-state index contributed by atoms with van der Waals surface area (Å²) in [6, 6.07) is 7.38. The van der Waals surface area contributed by atoms with Crippen molar-refractivity contribution in [2.45, 2.75) is 29.2 Å². The van der Waals surface area contributed by atoms with E-state index in [0.717, 1.165) is 11.8 Å². The van der Waals surface area contributed by atoms with E-state index in [1.54, 1.807) is 30.3 Å². The second-order valence-corrected chi connectivity index (χ2v) is 9.28. The Kier molecular flexibility index (Phi) is 6.52. The number of nitrogens with zero attached hydrogens (tertiary/aromatic N) is 5. The van der Waals surface area contributed by atoms with Crippen molar-refractivity contribution in [1.82, 2.24) is 25.5 Å². The first kappa shape index (κ1) is 23.0. The van der Waals surface area contributed by atoms with Crippen molar-refractivity contribution in [1.29, 1.82) is 0 Å². The third-order valence-electron chi connectivity index (χ3n) is 5.37. The maximum atomic E-state index is 13.4. The Bertz CT molecular complexity index is 1160. The molecule has 0 saturated carbocycles. The fraction of sp³-hybridized carbons (Fsp3) is 0.300. The fourth-order valence-electron chi connectivity index (χ4n) is 3.80. The van der Waals surface area contributed by atoms with Gasteiger partial charge < -0.3 is 15.5 Å². The van der Waals surface area contributed by atoms with Gasteiger partial charge in [0.2, 0.25) is 16.9 Å². The minimum Gasteiger partial charge on any atom is -0.474 e. The van der Waals surface area contributed by atoms with Gasteiger partial charge in [-0.1, -0.05) is 48.0 Å². The number of thioether (sulfide) groups is 2. The van der Waals surface area contributed by atoms with E-state index in [4.69, 9.17) is 6.42 Å². The molecule has 0 aliphatic carbocycles. The average Bonchev–Trinajstić information content (AvgIpc) is 3.27. The second-order valence-electron chi connectivity index (χ2n) is 7.22. The Morgan fingerprint density at radius 3 is 2.85 bits per heavy atom. The normalized spacial score (nSPS) is 24.6. The summed E-state index contributed by atoms with van der Waals surface area (Å²) in [5.41, 5.74) is 0.321. The molecule has 3 N–H and O–H groups in total. The molecule has 11 nitrogen and oxygen atoms in total. The zero-order valence-electron chi connectivity index (χ0n) is 17.1. The van der Waals surface area contributed by atoms with Crippen molar-refractivity contribution in [3.8, 4) is 12.3 Å². The standard InChI is InChI=1S/C20H18N6O5S2/c1-2-9-25-20(22-23-24-25)33-11-26-13(19(30)31)8-10-32-18(26)14(17(26)29)21-16(28)15(27)12-6-4-3-5-7-12/h1,3-8,14-15,18,27H,9-11H2,(H-,21,28,30,31)/p+1/t14?,15?,18-,26?/m0/s1. The number of aliphatic hydroxyl groups is 1. The van der Waals surface area contributed by atoms with Gasteiger partial charge in [-0.3, -0.25) is 4.79 Å². The number of nitrogens with one attached hydrogen (secondary N) is 1. The molecule has 1 aromatic heterocycles. The SMILES string of the molecule is C#CCn1nnnc1SC[N+]12C(=O)C(NC(=O)C(O)c3ccccc3)[C@@H]1SCC=C2C(=O)O. The summed E-state index contributed by atoms with van der Waals surface area (Å²) < 4.78 is 0.888. The van der Waals surface area contributed by atoms with Crippen molar-refractivity contribution in [2.24, 2.45) is 0 Å². The van der Waals surface area contributed by atoms with Gasteiger partial charge in [-0.25, -0.2) is 14.3 Å². The van der Waals surface area contributed by atoms with Crippen molar-refractivity contribution in [2.75, 3.05) is 11.6 Å². The number of fused-ring (bicyclic) bond motifs is 1. The first-order valence-electron chi connectivity index (χ1n) is 9.73. The van der Waals surface area contributed by atoms with Crippen LogP contribution in [0.25, 0.3) is 0 Å². The van der Waals surface area contributed by atoms with Crippen LogP contribution >= 0.6 is 23.5 Å². The van der Waals surface area contributed by atoms with Gasteiger partial charge in [0.05, 0.1) is 0 Å². The smallest absolute Gasteiger partial charge is 0.390 e. The Labute approximate surface area is 196 Å². The van der Waals surface area contributed by atoms with Gasteiger partial charge in [0, 0.05) is 5.75 Å². The van der Waals surface area contributed by atoms with Gasteiger partial charge >= 0.3 is 11.9 Å². The lowest BCUT2D eigenvalue weighted by molar-refractivity contribution is -0.841. The third kappa shape index (κ3) is 4.02. The van der Waals surface area contributed by atoms with Crippen LogP contribution in [0.1, 0.15) is 11.7 Å². The molecule has 3 unspecified atom stereocenters. The zero-order valence-corrected chi connectivity index (χ0v) is 18.7. The number of terminal acetylenes is 1.